The first-order chi connectivity index (χ1) is 11.5. The Labute approximate surface area is 138 Å². The van der Waals surface area contributed by atoms with Crippen LogP contribution in [0, 0.1) is 13.8 Å². The van der Waals surface area contributed by atoms with Crippen molar-refractivity contribution in [2.75, 3.05) is 19.7 Å². The average Bonchev–Trinajstić information content (AvgIpc) is 2.59. The number of carbonyl (C=O) groups is 2. The van der Waals surface area contributed by atoms with Gasteiger partial charge in [-0.25, -0.2) is 14.6 Å². The van der Waals surface area contributed by atoms with Crippen LogP contribution >= 0.6 is 0 Å². The highest BCUT2D eigenvalue weighted by Crippen LogP contribution is 2.35. The molecular formula is C16H17N3O5. The standard InChI is InChI=1S/C16H17N3O5/c1-8-11(15(20)23-3)13(10-6-5-7-17-14(10)19-22)12(9(2)18-8)16(21)24-4/h5-7,22H,1-4H3,(H,17,19). The third-order valence-corrected chi connectivity index (χ3v) is 3.52. The Bertz CT molecular complexity index is 764. The Balaban J connectivity index is 2.98. The van der Waals surface area contributed by atoms with Gasteiger partial charge in [-0.3, -0.25) is 15.7 Å². The van der Waals surface area contributed by atoms with Crippen molar-refractivity contribution in [3.63, 3.8) is 0 Å². The zero-order valence-electron chi connectivity index (χ0n) is 13.7. The van der Waals surface area contributed by atoms with Gasteiger partial charge in [-0.05, 0) is 26.0 Å². The van der Waals surface area contributed by atoms with Gasteiger partial charge in [0.15, 0.2) is 5.82 Å². The first-order valence-corrected chi connectivity index (χ1v) is 6.99. The second-order valence-electron chi connectivity index (χ2n) is 4.90. The number of aromatic nitrogens is 2. The monoisotopic (exact) mass is 331 g/mol. The normalized spacial score (nSPS) is 10.2. The Morgan fingerprint density at radius 1 is 1.08 bits per heavy atom. The first-order valence-electron chi connectivity index (χ1n) is 6.99. The van der Waals surface area contributed by atoms with E-state index in [0.29, 0.717) is 17.0 Å². The van der Waals surface area contributed by atoms with Crippen LogP contribution in [0.3, 0.4) is 0 Å². The van der Waals surface area contributed by atoms with Gasteiger partial charge in [-0.15, -0.1) is 0 Å². The predicted octanol–water partition coefficient (Wildman–Crippen LogP) is 2.13. The molecule has 2 aromatic heterocycles. The molecule has 0 bridgehead atoms. The lowest BCUT2D eigenvalue weighted by Gasteiger charge is -2.18. The van der Waals surface area contributed by atoms with Crippen LogP contribution in [-0.2, 0) is 9.47 Å². The van der Waals surface area contributed by atoms with E-state index in [-0.39, 0.29) is 22.5 Å². The van der Waals surface area contributed by atoms with Crippen molar-refractivity contribution in [3.05, 3.63) is 40.8 Å². The summed E-state index contributed by atoms with van der Waals surface area (Å²) in [5.41, 5.74) is 3.52. The van der Waals surface area contributed by atoms with Crippen molar-refractivity contribution in [2.24, 2.45) is 0 Å². The number of methoxy groups -OCH3 is 2. The maximum absolute atomic E-state index is 12.3. The van der Waals surface area contributed by atoms with Crippen molar-refractivity contribution in [1.29, 1.82) is 0 Å². The van der Waals surface area contributed by atoms with Gasteiger partial charge in [-0.1, -0.05) is 0 Å². The van der Waals surface area contributed by atoms with Gasteiger partial charge in [0.1, 0.15) is 0 Å². The second-order valence-corrected chi connectivity index (χ2v) is 4.90. The molecule has 0 aliphatic heterocycles. The highest BCUT2D eigenvalue weighted by atomic mass is 16.5. The zero-order chi connectivity index (χ0) is 17.9. The van der Waals surface area contributed by atoms with Crippen LogP contribution < -0.4 is 5.48 Å². The molecule has 0 aliphatic rings. The van der Waals surface area contributed by atoms with Gasteiger partial charge < -0.3 is 9.47 Å². The van der Waals surface area contributed by atoms with E-state index in [0.717, 1.165) is 0 Å². The number of nitrogens with one attached hydrogen (secondary N) is 1. The van der Waals surface area contributed by atoms with Crippen molar-refractivity contribution < 1.29 is 24.3 Å². The lowest BCUT2D eigenvalue weighted by Crippen LogP contribution is -2.16. The summed E-state index contributed by atoms with van der Waals surface area (Å²) in [6.07, 6.45) is 1.46. The summed E-state index contributed by atoms with van der Waals surface area (Å²) in [6.45, 7) is 3.26. The van der Waals surface area contributed by atoms with Gasteiger partial charge in [0, 0.05) is 17.3 Å². The number of hydrogen-bond acceptors (Lipinski definition) is 8. The summed E-state index contributed by atoms with van der Waals surface area (Å²) in [5, 5.41) is 9.33. The molecule has 0 aromatic carbocycles. The predicted molar refractivity (Wildman–Crippen MR) is 85.0 cm³/mol. The largest absolute Gasteiger partial charge is 0.465 e. The SMILES string of the molecule is COC(=O)c1c(C)nc(C)c(C(=O)OC)c1-c1cccnc1NO. The third-order valence-electron chi connectivity index (χ3n) is 3.52. The number of esters is 2. The molecule has 2 N–H and O–H groups in total. The molecule has 0 unspecified atom stereocenters. The molecule has 2 rings (SSSR count). The maximum atomic E-state index is 12.3. The number of anilines is 1. The molecule has 8 nitrogen and oxygen atoms in total. The lowest BCUT2D eigenvalue weighted by atomic mass is 9.92. The van der Waals surface area contributed by atoms with Crippen LogP contribution in [0.15, 0.2) is 18.3 Å². The van der Waals surface area contributed by atoms with Gasteiger partial charge in [0.05, 0.1) is 36.7 Å². The second kappa shape index (κ2) is 7.05. The summed E-state index contributed by atoms with van der Waals surface area (Å²) >= 11 is 0. The third kappa shape index (κ3) is 2.91. The summed E-state index contributed by atoms with van der Waals surface area (Å²) < 4.78 is 9.65. The summed E-state index contributed by atoms with van der Waals surface area (Å²) in [6, 6.07) is 3.22. The Morgan fingerprint density at radius 3 is 2.08 bits per heavy atom. The van der Waals surface area contributed by atoms with Crippen molar-refractivity contribution in [3.8, 4) is 11.1 Å². The van der Waals surface area contributed by atoms with E-state index in [9.17, 15) is 14.8 Å². The van der Waals surface area contributed by atoms with Crippen LogP contribution in [0.25, 0.3) is 11.1 Å². The minimum absolute atomic E-state index is 0.0813. The molecule has 0 aliphatic carbocycles. The first kappa shape index (κ1) is 17.4. The van der Waals surface area contributed by atoms with Gasteiger partial charge in [0.25, 0.3) is 0 Å². The number of hydrogen-bond donors (Lipinski definition) is 2. The van der Waals surface area contributed by atoms with Crippen LogP contribution in [-0.4, -0.2) is 41.3 Å². The van der Waals surface area contributed by atoms with Gasteiger partial charge in [0.2, 0.25) is 0 Å². The molecule has 2 heterocycles. The summed E-state index contributed by atoms with van der Waals surface area (Å²) in [7, 11) is 2.47. The van der Waals surface area contributed by atoms with E-state index in [4.69, 9.17) is 9.47 Å². The fraction of sp³-hybridized carbons (Fsp3) is 0.250. The summed E-state index contributed by atoms with van der Waals surface area (Å²) in [5.74, 6) is -1.24. The molecule has 8 heteroatoms. The number of carbonyl (C=O) groups excluding carboxylic acids is 2. The highest BCUT2D eigenvalue weighted by Gasteiger charge is 2.28. The number of rotatable bonds is 4. The smallest absolute Gasteiger partial charge is 0.340 e. The van der Waals surface area contributed by atoms with Crippen molar-refractivity contribution in [2.45, 2.75) is 13.8 Å². The maximum Gasteiger partial charge on any atom is 0.340 e. The molecule has 0 saturated heterocycles. The fourth-order valence-corrected chi connectivity index (χ4v) is 2.52. The van der Waals surface area contributed by atoms with E-state index in [1.165, 1.54) is 20.4 Å². The molecule has 2 aromatic rings. The lowest BCUT2D eigenvalue weighted by molar-refractivity contribution is 0.0599. The Hall–Kier alpha value is -3.00. The average molecular weight is 331 g/mol. The molecule has 24 heavy (non-hydrogen) atoms. The minimum atomic E-state index is -0.659. The van der Waals surface area contributed by atoms with Gasteiger partial charge in [-0.2, -0.15) is 0 Å². The number of ether oxygens (including phenoxy) is 2. The van der Waals surface area contributed by atoms with E-state index >= 15 is 0 Å². The fourth-order valence-electron chi connectivity index (χ4n) is 2.52. The zero-order valence-corrected chi connectivity index (χ0v) is 13.7. The molecule has 0 saturated carbocycles. The van der Waals surface area contributed by atoms with Crippen LogP contribution in [0.2, 0.25) is 0 Å². The molecule has 0 atom stereocenters. The minimum Gasteiger partial charge on any atom is -0.465 e. The number of nitrogens with zero attached hydrogens (tertiary/aromatic N) is 2. The molecule has 0 radical (unpaired) electrons. The molecule has 0 fully saturated rings. The summed E-state index contributed by atoms with van der Waals surface area (Å²) in [4.78, 5) is 32.8. The molecular weight excluding hydrogens is 314 g/mol. The van der Waals surface area contributed by atoms with Crippen LogP contribution in [0.4, 0.5) is 5.82 Å². The highest BCUT2D eigenvalue weighted by molar-refractivity contribution is 6.08. The van der Waals surface area contributed by atoms with Crippen LogP contribution in [0.1, 0.15) is 32.1 Å². The van der Waals surface area contributed by atoms with E-state index in [1.807, 2.05) is 5.48 Å². The van der Waals surface area contributed by atoms with Crippen molar-refractivity contribution in [1.82, 2.24) is 9.97 Å². The quantitative estimate of drug-likeness (QED) is 0.647. The Kier molecular flexibility index (Phi) is 5.10. The van der Waals surface area contributed by atoms with Crippen LogP contribution in [0.5, 0.6) is 0 Å². The topological polar surface area (TPSA) is 111 Å². The Morgan fingerprint density at radius 2 is 1.62 bits per heavy atom. The number of aryl methyl sites for hydroxylation is 2. The molecule has 0 amide bonds. The van der Waals surface area contributed by atoms with E-state index < -0.39 is 11.9 Å². The van der Waals surface area contributed by atoms with Crippen molar-refractivity contribution >= 4 is 17.8 Å². The number of pyridine rings is 2. The van der Waals surface area contributed by atoms with E-state index in [2.05, 4.69) is 9.97 Å². The van der Waals surface area contributed by atoms with E-state index in [1.54, 1.807) is 26.0 Å². The molecule has 0 spiro atoms. The molecule has 126 valence electrons. The van der Waals surface area contributed by atoms with Gasteiger partial charge >= 0.3 is 11.9 Å².